The van der Waals surface area contributed by atoms with Gasteiger partial charge >= 0.3 is 0 Å². The van der Waals surface area contributed by atoms with Crippen LogP contribution in [0.5, 0.6) is 0 Å². The molecule has 0 radical (unpaired) electrons. The highest BCUT2D eigenvalue weighted by Crippen LogP contribution is 2.15. The zero-order chi connectivity index (χ0) is 8.43. The third-order valence-electron chi connectivity index (χ3n) is 1.56. The van der Waals surface area contributed by atoms with E-state index < -0.39 is 12.1 Å². The Morgan fingerprint density at radius 1 is 1.45 bits per heavy atom. The van der Waals surface area contributed by atoms with E-state index in [-0.39, 0.29) is 24.7 Å². The summed E-state index contributed by atoms with van der Waals surface area (Å²) in [6, 6.07) is -0.683. The van der Waals surface area contributed by atoms with Gasteiger partial charge in [-0.05, 0) is 0 Å². The van der Waals surface area contributed by atoms with Crippen LogP contribution >= 0.6 is 0 Å². The highest BCUT2D eigenvalue weighted by atomic mass is 16.5. The van der Waals surface area contributed by atoms with Gasteiger partial charge in [0.05, 0.1) is 19.3 Å². The maximum atomic E-state index is 9.07. The number of nitrogens with two attached hydrogens (primary N) is 1. The second-order valence-electron chi connectivity index (χ2n) is 2.38. The van der Waals surface area contributed by atoms with Crippen LogP contribution < -0.4 is 5.73 Å². The summed E-state index contributed by atoms with van der Waals surface area (Å²) in [5.41, 5.74) is 5.31. The van der Waals surface area contributed by atoms with Crippen molar-refractivity contribution in [2.45, 2.75) is 12.1 Å². The maximum Gasteiger partial charge on any atom is 0.163 e. The lowest BCUT2D eigenvalue weighted by atomic mass is 10.1. The molecule has 11 heavy (non-hydrogen) atoms. The fourth-order valence-electron chi connectivity index (χ4n) is 0.872. The average molecular weight is 161 g/mol. The molecule has 5 N–H and O–H groups in total. The van der Waals surface area contributed by atoms with Crippen molar-refractivity contribution in [3.63, 3.8) is 0 Å². The van der Waals surface area contributed by atoms with E-state index in [0.29, 0.717) is 0 Å². The molecule has 1 rings (SSSR count). The number of aliphatic hydroxyl groups excluding tert-OH is 3. The summed E-state index contributed by atoms with van der Waals surface area (Å²) in [4.78, 5) is 0. The molecular formula is C6H11NO4. The average Bonchev–Trinajstić information content (AvgIpc) is 2.01. The normalized spacial score (nSPS) is 32.5. The molecule has 1 aliphatic heterocycles. The summed E-state index contributed by atoms with van der Waals surface area (Å²) in [5.74, 6) is -0.665. The predicted molar refractivity (Wildman–Crippen MR) is 37.1 cm³/mol. The van der Waals surface area contributed by atoms with Gasteiger partial charge in [-0.25, -0.2) is 0 Å². The monoisotopic (exact) mass is 161 g/mol. The van der Waals surface area contributed by atoms with E-state index in [0.717, 1.165) is 0 Å². The molecule has 0 saturated carbocycles. The molecule has 2 atom stereocenters. The second-order valence-corrected chi connectivity index (χ2v) is 2.38. The highest BCUT2D eigenvalue weighted by Gasteiger charge is 2.27. The molecule has 5 heteroatoms. The molecule has 0 saturated heterocycles. The maximum absolute atomic E-state index is 9.07. The second kappa shape index (κ2) is 3.08. The van der Waals surface area contributed by atoms with Crippen molar-refractivity contribution in [1.29, 1.82) is 0 Å². The lowest BCUT2D eigenvalue weighted by Gasteiger charge is -2.24. The topological polar surface area (TPSA) is 95.9 Å². The molecule has 0 fully saturated rings. The minimum atomic E-state index is -0.824. The standard InChI is InChI=1S/C6H11NO4/c7-3-2-11-4(1-8)6(10)5(3)9/h3-4,8-10H,1-2,7H2. The molecule has 64 valence electrons. The highest BCUT2D eigenvalue weighted by molar-refractivity contribution is 5.13. The van der Waals surface area contributed by atoms with E-state index in [1.807, 2.05) is 0 Å². The molecule has 0 spiro atoms. The number of hydrogen-bond acceptors (Lipinski definition) is 5. The predicted octanol–water partition coefficient (Wildman–Crippen LogP) is -0.968. The summed E-state index contributed by atoms with van der Waals surface area (Å²) >= 11 is 0. The van der Waals surface area contributed by atoms with Crippen LogP contribution in [0.4, 0.5) is 0 Å². The summed E-state index contributed by atoms with van der Waals surface area (Å²) in [6.07, 6.45) is -0.824. The van der Waals surface area contributed by atoms with Crippen LogP contribution in [0.25, 0.3) is 0 Å². The van der Waals surface area contributed by atoms with Gasteiger partial charge in [0.25, 0.3) is 0 Å². The summed E-state index contributed by atoms with van der Waals surface area (Å²) in [6.45, 7) is -0.246. The van der Waals surface area contributed by atoms with E-state index in [2.05, 4.69) is 0 Å². The zero-order valence-electron chi connectivity index (χ0n) is 5.90. The van der Waals surface area contributed by atoms with Crippen LogP contribution in [0.15, 0.2) is 11.5 Å². The van der Waals surface area contributed by atoms with E-state index in [1.165, 1.54) is 0 Å². The van der Waals surface area contributed by atoms with Gasteiger partial charge in [0, 0.05) is 0 Å². The van der Waals surface area contributed by atoms with E-state index in [9.17, 15) is 0 Å². The van der Waals surface area contributed by atoms with E-state index in [1.54, 1.807) is 0 Å². The van der Waals surface area contributed by atoms with Gasteiger partial charge in [-0.2, -0.15) is 0 Å². The van der Waals surface area contributed by atoms with Crippen LogP contribution in [0, 0.1) is 0 Å². The SMILES string of the molecule is NC1COC(CO)C(O)=C1O. The molecule has 0 aromatic heterocycles. The minimum absolute atomic E-state index is 0.112. The van der Waals surface area contributed by atoms with Gasteiger partial charge in [0.2, 0.25) is 0 Å². The van der Waals surface area contributed by atoms with Gasteiger partial charge in [-0.3, -0.25) is 0 Å². The molecule has 5 nitrogen and oxygen atoms in total. The molecular weight excluding hydrogens is 150 g/mol. The molecule has 0 bridgehead atoms. The van der Waals surface area contributed by atoms with Crippen LogP contribution in [-0.4, -0.2) is 40.7 Å². The molecule has 0 aliphatic carbocycles. The van der Waals surface area contributed by atoms with Gasteiger partial charge in [-0.1, -0.05) is 0 Å². The molecule has 0 aromatic rings. The van der Waals surface area contributed by atoms with Crippen LogP contribution in [0.1, 0.15) is 0 Å². The first-order valence-corrected chi connectivity index (χ1v) is 3.26. The fraction of sp³-hybridized carbons (Fsp3) is 0.667. The zero-order valence-corrected chi connectivity index (χ0v) is 5.90. The largest absolute Gasteiger partial charge is 0.507 e. The van der Waals surface area contributed by atoms with Crippen molar-refractivity contribution in [3.8, 4) is 0 Å². The molecule has 1 aliphatic rings. The Morgan fingerprint density at radius 2 is 2.09 bits per heavy atom. The van der Waals surface area contributed by atoms with Crippen LogP contribution in [0.2, 0.25) is 0 Å². The summed E-state index contributed by atoms with van der Waals surface area (Å²) in [7, 11) is 0. The lowest BCUT2D eigenvalue weighted by Crippen LogP contribution is -2.39. The quantitative estimate of drug-likeness (QED) is 0.397. The lowest BCUT2D eigenvalue weighted by molar-refractivity contribution is -0.0175. The van der Waals surface area contributed by atoms with E-state index >= 15 is 0 Å². The first-order chi connectivity index (χ1) is 5.16. The Kier molecular flexibility index (Phi) is 2.33. The van der Waals surface area contributed by atoms with Crippen molar-refractivity contribution in [1.82, 2.24) is 0 Å². The molecule has 0 amide bonds. The van der Waals surface area contributed by atoms with Crippen molar-refractivity contribution in [2.75, 3.05) is 13.2 Å². The van der Waals surface area contributed by atoms with Crippen molar-refractivity contribution < 1.29 is 20.1 Å². The van der Waals surface area contributed by atoms with E-state index in [4.69, 9.17) is 25.8 Å². The van der Waals surface area contributed by atoms with Gasteiger partial charge < -0.3 is 25.8 Å². The first kappa shape index (κ1) is 8.32. The fourth-order valence-corrected chi connectivity index (χ4v) is 0.872. The number of aliphatic hydroxyl groups is 3. The number of rotatable bonds is 1. The Balaban J connectivity index is 2.78. The van der Waals surface area contributed by atoms with Crippen LogP contribution in [-0.2, 0) is 4.74 Å². The summed E-state index contributed by atoms with van der Waals surface area (Å²) < 4.78 is 4.88. The van der Waals surface area contributed by atoms with Crippen molar-refractivity contribution in [2.24, 2.45) is 5.73 Å². The third kappa shape index (κ3) is 1.45. The van der Waals surface area contributed by atoms with Crippen molar-refractivity contribution in [3.05, 3.63) is 11.5 Å². The molecule has 0 aromatic carbocycles. The van der Waals surface area contributed by atoms with Crippen molar-refractivity contribution >= 4 is 0 Å². The smallest absolute Gasteiger partial charge is 0.163 e. The number of hydrogen-bond donors (Lipinski definition) is 4. The van der Waals surface area contributed by atoms with Gasteiger partial charge in [-0.15, -0.1) is 0 Å². The van der Waals surface area contributed by atoms with Gasteiger partial charge in [0.1, 0.15) is 6.10 Å². The Morgan fingerprint density at radius 3 is 2.64 bits per heavy atom. The first-order valence-electron chi connectivity index (χ1n) is 3.26. The Hall–Kier alpha value is -0.780. The summed E-state index contributed by atoms with van der Waals surface area (Å²) in [5, 5.41) is 26.7. The third-order valence-corrected chi connectivity index (χ3v) is 1.56. The Bertz CT molecular complexity index is 179. The molecule has 2 unspecified atom stereocenters. The Labute approximate surface area is 63.7 Å². The van der Waals surface area contributed by atoms with Crippen LogP contribution in [0.3, 0.4) is 0 Å². The molecule has 1 heterocycles. The van der Waals surface area contributed by atoms with Gasteiger partial charge in [0.15, 0.2) is 11.5 Å². The minimum Gasteiger partial charge on any atom is -0.507 e. The number of ether oxygens (including phenoxy) is 1.